The standard InChI is InChI=1S/C8H12F2O3/c1-2-13-8(11)4-3-5-12-6-7(9)10/h3-4,7H,2,5-6H2,1H3/b4-3+. The molecule has 76 valence electrons. The summed E-state index contributed by atoms with van der Waals surface area (Å²) in [5.41, 5.74) is 0. The largest absolute Gasteiger partial charge is 0.463 e. The molecule has 0 aliphatic heterocycles. The van der Waals surface area contributed by atoms with Crippen molar-refractivity contribution < 1.29 is 23.0 Å². The number of ether oxygens (including phenoxy) is 2. The van der Waals surface area contributed by atoms with E-state index in [2.05, 4.69) is 9.47 Å². The van der Waals surface area contributed by atoms with Crippen molar-refractivity contribution >= 4 is 5.97 Å². The first-order chi connectivity index (χ1) is 6.16. The Morgan fingerprint density at radius 3 is 2.77 bits per heavy atom. The van der Waals surface area contributed by atoms with E-state index in [9.17, 15) is 13.6 Å². The van der Waals surface area contributed by atoms with E-state index in [0.717, 1.165) is 6.08 Å². The average Bonchev–Trinajstić information content (AvgIpc) is 2.03. The zero-order valence-corrected chi connectivity index (χ0v) is 7.33. The van der Waals surface area contributed by atoms with Crippen LogP contribution in [0, 0.1) is 0 Å². The summed E-state index contributed by atoms with van der Waals surface area (Å²) in [6, 6.07) is 0. The van der Waals surface area contributed by atoms with Crippen LogP contribution in [0.4, 0.5) is 8.78 Å². The van der Waals surface area contributed by atoms with Crippen molar-refractivity contribution in [1.29, 1.82) is 0 Å². The van der Waals surface area contributed by atoms with Crippen LogP contribution in [0.5, 0.6) is 0 Å². The number of halogens is 2. The van der Waals surface area contributed by atoms with E-state index in [1.807, 2.05) is 0 Å². The maximum absolute atomic E-state index is 11.5. The van der Waals surface area contributed by atoms with E-state index in [1.54, 1.807) is 6.92 Å². The number of carbonyl (C=O) groups is 1. The summed E-state index contributed by atoms with van der Waals surface area (Å²) in [5, 5.41) is 0. The summed E-state index contributed by atoms with van der Waals surface area (Å²) in [5.74, 6) is -0.497. The minimum Gasteiger partial charge on any atom is -0.463 e. The fourth-order valence-electron chi connectivity index (χ4n) is 0.560. The SMILES string of the molecule is CCOC(=O)/C=C/COCC(F)F. The molecule has 0 aliphatic rings. The quantitative estimate of drug-likeness (QED) is 0.364. The third-order valence-electron chi connectivity index (χ3n) is 0.998. The summed E-state index contributed by atoms with van der Waals surface area (Å²) in [6.07, 6.45) is 0.00556. The molecule has 3 nitrogen and oxygen atoms in total. The van der Waals surface area contributed by atoms with Crippen LogP contribution >= 0.6 is 0 Å². The number of alkyl halides is 2. The Hall–Kier alpha value is -0.970. The molecule has 0 aromatic carbocycles. The predicted octanol–water partition coefficient (Wildman–Crippen LogP) is 1.39. The summed E-state index contributed by atoms with van der Waals surface area (Å²) in [4.78, 5) is 10.6. The van der Waals surface area contributed by atoms with E-state index >= 15 is 0 Å². The normalized spacial score (nSPS) is 11.1. The number of hydrogen-bond donors (Lipinski definition) is 0. The van der Waals surface area contributed by atoms with Gasteiger partial charge in [-0.25, -0.2) is 13.6 Å². The van der Waals surface area contributed by atoms with Crippen molar-refractivity contribution in [3.8, 4) is 0 Å². The van der Waals surface area contributed by atoms with Gasteiger partial charge in [0.25, 0.3) is 6.43 Å². The minimum absolute atomic E-state index is 0.0108. The Kier molecular flexibility index (Phi) is 7.10. The molecule has 0 N–H and O–H groups in total. The Morgan fingerprint density at radius 2 is 2.23 bits per heavy atom. The topological polar surface area (TPSA) is 35.5 Å². The first-order valence-corrected chi connectivity index (χ1v) is 3.86. The van der Waals surface area contributed by atoms with Crippen molar-refractivity contribution in [3.63, 3.8) is 0 Å². The van der Waals surface area contributed by atoms with Crippen molar-refractivity contribution in [2.45, 2.75) is 13.3 Å². The van der Waals surface area contributed by atoms with Crippen LogP contribution in [0.1, 0.15) is 6.92 Å². The van der Waals surface area contributed by atoms with Crippen LogP contribution in [0.3, 0.4) is 0 Å². The Labute approximate surface area is 75.3 Å². The van der Waals surface area contributed by atoms with Crippen LogP contribution in [-0.4, -0.2) is 32.2 Å². The molecule has 0 fully saturated rings. The van der Waals surface area contributed by atoms with Gasteiger partial charge in [-0.1, -0.05) is 6.08 Å². The van der Waals surface area contributed by atoms with Gasteiger partial charge in [0.2, 0.25) is 0 Å². The van der Waals surface area contributed by atoms with Gasteiger partial charge in [0.05, 0.1) is 13.2 Å². The van der Waals surface area contributed by atoms with Gasteiger partial charge in [-0.15, -0.1) is 0 Å². The fraction of sp³-hybridized carbons (Fsp3) is 0.625. The monoisotopic (exact) mass is 194 g/mol. The predicted molar refractivity (Wildman–Crippen MR) is 42.6 cm³/mol. The van der Waals surface area contributed by atoms with E-state index < -0.39 is 19.0 Å². The number of rotatable bonds is 6. The van der Waals surface area contributed by atoms with Crippen LogP contribution in [0.15, 0.2) is 12.2 Å². The van der Waals surface area contributed by atoms with Crippen LogP contribution in [-0.2, 0) is 14.3 Å². The molecule has 0 atom stereocenters. The molecule has 5 heteroatoms. The van der Waals surface area contributed by atoms with Gasteiger partial charge in [-0.3, -0.25) is 0 Å². The average molecular weight is 194 g/mol. The molecule has 0 aromatic heterocycles. The van der Waals surface area contributed by atoms with Gasteiger partial charge in [0.1, 0.15) is 6.61 Å². The molecule has 0 unspecified atom stereocenters. The lowest BCUT2D eigenvalue weighted by Crippen LogP contribution is -2.05. The highest BCUT2D eigenvalue weighted by Crippen LogP contribution is 1.92. The summed E-state index contributed by atoms with van der Waals surface area (Å²) >= 11 is 0. The summed E-state index contributed by atoms with van der Waals surface area (Å²) in [7, 11) is 0. The first kappa shape index (κ1) is 12.0. The van der Waals surface area contributed by atoms with Crippen molar-refractivity contribution in [1.82, 2.24) is 0 Å². The molecule has 0 aliphatic carbocycles. The zero-order valence-electron chi connectivity index (χ0n) is 7.33. The maximum atomic E-state index is 11.5. The summed E-state index contributed by atoms with van der Waals surface area (Å²) in [6.45, 7) is 1.34. The molecule has 0 radical (unpaired) electrons. The smallest absolute Gasteiger partial charge is 0.330 e. The Bertz CT molecular complexity index is 169. The molecule has 0 bridgehead atoms. The van der Waals surface area contributed by atoms with Gasteiger partial charge in [0.15, 0.2) is 0 Å². The molecule has 0 heterocycles. The molecule has 0 spiro atoms. The second kappa shape index (κ2) is 7.67. The highest BCUT2D eigenvalue weighted by molar-refractivity contribution is 5.81. The van der Waals surface area contributed by atoms with E-state index in [1.165, 1.54) is 6.08 Å². The van der Waals surface area contributed by atoms with Gasteiger partial charge < -0.3 is 9.47 Å². The van der Waals surface area contributed by atoms with Gasteiger partial charge in [-0.05, 0) is 6.92 Å². The second-order valence-corrected chi connectivity index (χ2v) is 2.08. The van der Waals surface area contributed by atoms with Gasteiger partial charge >= 0.3 is 5.97 Å². The molecule has 0 amide bonds. The lowest BCUT2D eigenvalue weighted by Gasteiger charge is -1.98. The Morgan fingerprint density at radius 1 is 1.54 bits per heavy atom. The third kappa shape index (κ3) is 8.94. The molecule has 13 heavy (non-hydrogen) atoms. The van der Waals surface area contributed by atoms with E-state index in [0.29, 0.717) is 6.61 Å². The van der Waals surface area contributed by atoms with Crippen molar-refractivity contribution in [3.05, 3.63) is 12.2 Å². The lowest BCUT2D eigenvalue weighted by molar-refractivity contribution is -0.137. The van der Waals surface area contributed by atoms with E-state index in [4.69, 9.17) is 0 Å². The minimum atomic E-state index is -2.48. The second-order valence-electron chi connectivity index (χ2n) is 2.08. The maximum Gasteiger partial charge on any atom is 0.330 e. The van der Waals surface area contributed by atoms with E-state index in [-0.39, 0.29) is 6.61 Å². The zero-order chi connectivity index (χ0) is 10.1. The molecule has 0 saturated carbocycles. The van der Waals surface area contributed by atoms with Crippen LogP contribution < -0.4 is 0 Å². The third-order valence-corrected chi connectivity index (χ3v) is 0.998. The van der Waals surface area contributed by atoms with Gasteiger partial charge in [-0.2, -0.15) is 0 Å². The molecular formula is C8H12F2O3. The highest BCUT2D eigenvalue weighted by atomic mass is 19.3. The molecule has 0 rings (SSSR count). The lowest BCUT2D eigenvalue weighted by atomic mass is 10.5. The van der Waals surface area contributed by atoms with Crippen LogP contribution in [0.25, 0.3) is 0 Å². The van der Waals surface area contributed by atoms with Crippen molar-refractivity contribution in [2.24, 2.45) is 0 Å². The molecule has 0 aromatic rings. The van der Waals surface area contributed by atoms with Crippen molar-refractivity contribution in [2.75, 3.05) is 19.8 Å². The first-order valence-electron chi connectivity index (χ1n) is 3.86. The van der Waals surface area contributed by atoms with Crippen LogP contribution in [0.2, 0.25) is 0 Å². The molecule has 0 saturated heterocycles. The Balaban J connectivity index is 3.35. The number of esters is 1. The number of carbonyl (C=O) groups excluding carboxylic acids is 1. The van der Waals surface area contributed by atoms with Gasteiger partial charge in [0, 0.05) is 6.08 Å². The summed E-state index contributed by atoms with van der Waals surface area (Å²) < 4.78 is 32.0. The number of hydrogen-bond acceptors (Lipinski definition) is 3. The highest BCUT2D eigenvalue weighted by Gasteiger charge is 1.99. The fourth-order valence-corrected chi connectivity index (χ4v) is 0.560. The molecular weight excluding hydrogens is 182 g/mol.